The van der Waals surface area contributed by atoms with Crippen LogP contribution in [0.15, 0.2) is 23.1 Å². The molecule has 1 atom stereocenters. The zero-order valence-electron chi connectivity index (χ0n) is 13.0. The summed E-state index contributed by atoms with van der Waals surface area (Å²) in [5, 5.41) is 8.08. The zero-order valence-corrected chi connectivity index (χ0v) is 13.8. The van der Waals surface area contributed by atoms with Crippen molar-refractivity contribution in [3.63, 3.8) is 0 Å². The standard InChI is InChI=1S/C15H24N2O3S/c1-5-12(6-2)11(4)17-15(18)13-8-7-10(3)14(9-13)21(16,19)20/h7-9,11-12H,5-6H2,1-4H3,(H,17,18)(H2,16,19,20). The van der Waals surface area contributed by atoms with Crippen LogP contribution in [0.2, 0.25) is 0 Å². The van der Waals surface area contributed by atoms with E-state index < -0.39 is 10.0 Å². The molecular formula is C15H24N2O3S. The molecule has 0 saturated carbocycles. The molecule has 0 aromatic heterocycles. The Morgan fingerprint density at radius 2 is 1.86 bits per heavy atom. The van der Waals surface area contributed by atoms with Gasteiger partial charge in [-0.1, -0.05) is 32.8 Å². The van der Waals surface area contributed by atoms with Crippen molar-refractivity contribution >= 4 is 15.9 Å². The fraction of sp³-hybridized carbons (Fsp3) is 0.533. The van der Waals surface area contributed by atoms with Gasteiger partial charge in [-0.2, -0.15) is 0 Å². The third-order valence-electron chi connectivity index (χ3n) is 3.87. The third kappa shape index (κ3) is 4.54. The Bertz CT molecular complexity index is 607. The molecule has 118 valence electrons. The predicted molar refractivity (Wildman–Crippen MR) is 83.6 cm³/mol. The van der Waals surface area contributed by atoms with E-state index in [1.165, 1.54) is 6.07 Å². The van der Waals surface area contributed by atoms with Crippen LogP contribution >= 0.6 is 0 Å². The molecule has 0 aliphatic rings. The van der Waals surface area contributed by atoms with Gasteiger partial charge in [0, 0.05) is 11.6 Å². The molecule has 1 aromatic rings. The molecular weight excluding hydrogens is 288 g/mol. The number of nitrogens with two attached hydrogens (primary N) is 1. The lowest BCUT2D eigenvalue weighted by atomic mass is 9.95. The summed E-state index contributed by atoms with van der Waals surface area (Å²) < 4.78 is 23.0. The highest BCUT2D eigenvalue weighted by Gasteiger charge is 2.19. The van der Waals surface area contributed by atoms with Crippen LogP contribution in [-0.4, -0.2) is 20.4 Å². The Labute approximate surface area is 127 Å². The number of sulfonamides is 1. The number of rotatable bonds is 6. The van der Waals surface area contributed by atoms with Gasteiger partial charge in [0.05, 0.1) is 4.90 Å². The van der Waals surface area contributed by atoms with Gasteiger partial charge in [-0.25, -0.2) is 13.6 Å². The number of primary sulfonamides is 1. The number of aryl methyl sites for hydroxylation is 1. The molecule has 1 unspecified atom stereocenters. The predicted octanol–water partition coefficient (Wildman–Crippen LogP) is 2.20. The second-order valence-corrected chi connectivity index (χ2v) is 6.89. The van der Waals surface area contributed by atoms with Crippen molar-refractivity contribution in [3.05, 3.63) is 29.3 Å². The van der Waals surface area contributed by atoms with E-state index in [1.807, 2.05) is 6.92 Å². The second kappa shape index (κ2) is 7.04. The van der Waals surface area contributed by atoms with E-state index in [9.17, 15) is 13.2 Å². The van der Waals surface area contributed by atoms with Gasteiger partial charge >= 0.3 is 0 Å². The Balaban J connectivity index is 2.99. The summed E-state index contributed by atoms with van der Waals surface area (Å²) in [4.78, 5) is 12.2. The van der Waals surface area contributed by atoms with Crippen molar-refractivity contribution in [2.45, 2.75) is 51.5 Å². The lowest BCUT2D eigenvalue weighted by Gasteiger charge is -2.22. The van der Waals surface area contributed by atoms with Gasteiger partial charge in [-0.3, -0.25) is 4.79 Å². The molecule has 21 heavy (non-hydrogen) atoms. The fourth-order valence-corrected chi connectivity index (χ4v) is 3.26. The molecule has 1 rings (SSSR count). The molecule has 0 aliphatic heterocycles. The van der Waals surface area contributed by atoms with Crippen LogP contribution in [0.25, 0.3) is 0 Å². The van der Waals surface area contributed by atoms with Crippen LogP contribution in [0.3, 0.4) is 0 Å². The normalized spacial score (nSPS) is 13.2. The minimum atomic E-state index is -3.82. The monoisotopic (exact) mass is 312 g/mol. The van der Waals surface area contributed by atoms with E-state index in [2.05, 4.69) is 19.2 Å². The van der Waals surface area contributed by atoms with Crippen molar-refractivity contribution in [3.8, 4) is 0 Å². The number of benzene rings is 1. The van der Waals surface area contributed by atoms with E-state index in [4.69, 9.17) is 5.14 Å². The first-order valence-corrected chi connectivity index (χ1v) is 8.69. The summed E-state index contributed by atoms with van der Waals surface area (Å²) in [5.74, 6) is 0.122. The minimum Gasteiger partial charge on any atom is -0.349 e. The summed E-state index contributed by atoms with van der Waals surface area (Å²) >= 11 is 0. The molecule has 1 aromatic carbocycles. The minimum absolute atomic E-state index is 0.00895. The van der Waals surface area contributed by atoms with E-state index >= 15 is 0 Å². The van der Waals surface area contributed by atoms with E-state index in [1.54, 1.807) is 19.1 Å². The quantitative estimate of drug-likeness (QED) is 0.844. The Hall–Kier alpha value is -1.40. The molecule has 0 aliphatic carbocycles. The SMILES string of the molecule is CCC(CC)C(C)NC(=O)c1ccc(C)c(S(N)(=O)=O)c1. The van der Waals surface area contributed by atoms with Crippen LogP contribution in [0.5, 0.6) is 0 Å². The van der Waals surface area contributed by atoms with Gasteiger partial charge in [0.25, 0.3) is 5.91 Å². The van der Waals surface area contributed by atoms with E-state index in [0.717, 1.165) is 12.8 Å². The Morgan fingerprint density at radius 1 is 1.29 bits per heavy atom. The molecule has 1 amide bonds. The molecule has 0 bridgehead atoms. The van der Waals surface area contributed by atoms with E-state index in [-0.39, 0.29) is 16.8 Å². The van der Waals surface area contributed by atoms with Gasteiger partial charge in [-0.05, 0) is 37.5 Å². The Kier molecular flexibility index (Phi) is 5.92. The average Bonchev–Trinajstić information content (AvgIpc) is 2.39. The average molecular weight is 312 g/mol. The summed E-state index contributed by atoms with van der Waals surface area (Å²) in [6.45, 7) is 7.78. The number of carbonyl (C=O) groups is 1. The summed E-state index contributed by atoms with van der Waals surface area (Å²) in [6.07, 6.45) is 1.96. The molecule has 0 fully saturated rings. The third-order valence-corrected chi connectivity index (χ3v) is 4.92. The van der Waals surface area contributed by atoms with Gasteiger partial charge < -0.3 is 5.32 Å². The van der Waals surface area contributed by atoms with E-state index in [0.29, 0.717) is 17.0 Å². The lowest BCUT2D eigenvalue weighted by Crippen LogP contribution is -2.37. The van der Waals surface area contributed by atoms with Crippen LogP contribution < -0.4 is 10.5 Å². The smallest absolute Gasteiger partial charge is 0.251 e. The maximum Gasteiger partial charge on any atom is 0.251 e. The van der Waals surface area contributed by atoms with Crippen molar-refractivity contribution in [1.82, 2.24) is 5.32 Å². The van der Waals surface area contributed by atoms with Crippen molar-refractivity contribution < 1.29 is 13.2 Å². The highest BCUT2D eigenvalue weighted by Crippen LogP contribution is 2.17. The maximum absolute atomic E-state index is 12.2. The molecule has 6 heteroatoms. The molecule has 3 N–H and O–H groups in total. The molecule has 0 saturated heterocycles. The van der Waals surface area contributed by atoms with Gasteiger partial charge in [0.15, 0.2) is 0 Å². The maximum atomic E-state index is 12.2. The highest BCUT2D eigenvalue weighted by atomic mass is 32.2. The molecule has 0 spiro atoms. The number of amides is 1. The first-order valence-electron chi connectivity index (χ1n) is 7.15. The van der Waals surface area contributed by atoms with Crippen LogP contribution in [-0.2, 0) is 10.0 Å². The van der Waals surface area contributed by atoms with Crippen molar-refractivity contribution in [2.24, 2.45) is 11.1 Å². The first kappa shape index (κ1) is 17.7. The van der Waals surface area contributed by atoms with Crippen LogP contribution in [0.4, 0.5) is 0 Å². The molecule has 0 heterocycles. The van der Waals surface area contributed by atoms with Crippen molar-refractivity contribution in [2.75, 3.05) is 0 Å². The number of carbonyl (C=O) groups excluding carboxylic acids is 1. The Morgan fingerprint density at radius 3 is 2.33 bits per heavy atom. The highest BCUT2D eigenvalue weighted by molar-refractivity contribution is 7.89. The van der Waals surface area contributed by atoms with Gasteiger partial charge in [0.1, 0.15) is 0 Å². The lowest BCUT2D eigenvalue weighted by molar-refractivity contribution is 0.0925. The summed E-state index contributed by atoms with van der Waals surface area (Å²) in [7, 11) is -3.82. The summed E-state index contributed by atoms with van der Waals surface area (Å²) in [6, 6.07) is 4.57. The van der Waals surface area contributed by atoms with Crippen molar-refractivity contribution in [1.29, 1.82) is 0 Å². The largest absolute Gasteiger partial charge is 0.349 e. The number of hydrogen-bond donors (Lipinski definition) is 2. The second-order valence-electron chi connectivity index (χ2n) is 5.36. The first-order chi connectivity index (χ1) is 9.70. The summed E-state index contributed by atoms with van der Waals surface area (Å²) in [5.41, 5.74) is 0.838. The van der Waals surface area contributed by atoms with Gasteiger partial charge in [-0.15, -0.1) is 0 Å². The number of hydrogen-bond acceptors (Lipinski definition) is 3. The van der Waals surface area contributed by atoms with Gasteiger partial charge in [0.2, 0.25) is 10.0 Å². The molecule has 0 radical (unpaired) electrons. The number of nitrogens with one attached hydrogen (secondary N) is 1. The molecule has 5 nitrogen and oxygen atoms in total. The van der Waals surface area contributed by atoms with Crippen LogP contribution in [0, 0.1) is 12.8 Å². The van der Waals surface area contributed by atoms with Crippen LogP contribution in [0.1, 0.15) is 49.5 Å². The topological polar surface area (TPSA) is 89.3 Å². The zero-order chi connectivity index (χ0) is 16.2. The fourth-order valence-electron chi connectivity index (χ4n) is 2.45.